The molecule has 0 bridgehead atoms. The van der Waals surface area contributed by atoms with Crippen LogP contribution in [0.3, 0.4) is 0 Å². The van der Waals surface area contributed by atoms with Crippen LogP contribution in [0.15, 0.2) is 24.4 Å². The van der Waals surface area contributed by atoms with E-state index in [2.05, 4.69) is 30.3 Å². The molecule has 0 atom stereocenters. The van der Waals surface area contributed by atoms with Crippen molar-refractivity contribution in [1.82, 2.24) is 29.5 Å². The van der Waals surface area contributed by atoms with Crippen LogP contribution >= 0.6 is 0 Å². The van der Waals surface area contributed by atoms with Crippen LogP contribution in [0.2, 0.25) is 0 Å². The van der Waals surface area contributed by atoms with Crippen molar-refractivity contribution in [1.29, 1.82) is 0 Å². The fourth-order valence-electron chi connectivity index (χ4n) is 2.38. The van der Waals surface area contributed by atoms with Gasteiger partial charge in [-0.3, -0.25) is 0 Å². The lowest BCUT2D eigenvalue weighted by Gasteiger charge is -2.12. The van der Waals surface area contributed by atoms with Gasteiger partial charge in [0.2, 0.25) is 5.88 Å². The maximum absolute atomic E-state index is 5.68. The Morgan fingerprint density at radius 2 is 2.04 bits per heavy atom. The lowest BCUT2D eigenvalue weighted by atomic mass is 10.2. The third kappa shape index (κ3) is 4.42. The summed E-state index contributed by atoms with van der Waals surface area (Å²) in [5.74, 6) is 2.79. The zero-order chi connectivity index (χ0) is 17.8. The average Bonchev–Trinajstić information content (AvgIpc) is 2.92. The summed E-state index contributed by atoms with van der Waals surface area (Å²) in [6.07, 6.45) is 1.76. The highest BCUT2D eigenvalue weighted by Gasteiger charge is 2.08. The summed E-state index contributed by atoms with van der Waals surface area (Å²) in [5, 5.41) is 7.77. The molecule has 0 saturated heterocycles. The number of rotatable bonds is 7. The maximum Gasteiger partial charge on any atom is 0.254 e. The van der Waals surface area contributed by atoms with E-state index < -0.39 is 0 Å². The number of likely N-dealkylation sites (N-methyl/N-ethyl adjacent to an activating group) is 1. The number of aromatic nitrogens is 5. The van der Waals surface area contributed by atoms with E-state index in [-0.39, 0.29) is 0 Å². The largest absolute Gasteiger partial charge is 0.476 e. The van der Waals surface area contributed by atoms with Crippen molar-refractivity contribution in [2.45, 2.75) is 20.4 Å². The number of pyridine rings is 1. The topological polar surface area (TPSA) is 80.5 Å². The minimum atomic E-state index is 0.599. The summed E-state index contributed by atoms with van der Waals surface area (Å²) in [7, 11) is 4.03. The number of ether oxygens (including phenoxy) is 1. The second-order valence-corrected chi connectivity index (χ2v) is 6.16. The van der Waals surface area contributed by atoms with Gasteiger partial charge in [-0.1, -0.05) is 0 Å². The Morgan fingerprint density at radius 3 is 2.84 bits per heavy atom. The molecule has 8 nitrogen and oxygen atoms in total. The van der Waals surface area contributed by atoms with Gasteiger partial charge >= 0.3 is 0 Å². The molecule has 0 aliphatic rings. The Bertz CT molecular complexity index is 859. The van der Waals surface area contributed by atoms with E-state index in [0.717, 1.165) is 23.6 Å². The summed E-state index contributed by atoms with van der Waals surface area (Å²) in [4.78, 5) is 15.0. The zero-order valence-electron chi connectivity index (χ0n) is 15.0. The number of nitrogens with zero attached hydrogens (tertiary/aromatic N) is 6. The molecule has 0 saturated carbocycles. The van der Waals surface area contributed by atoms with Gasteiger partial charge in [-0.2, -0.15) is 9.50 Å². The summed E-state index contributed by atoms with van der Waals surface area (Å²) in [5.41, 5.74) is 1.97. The molecule has 0 fully saturated rings. The first kappa shape index (κ1) is 17.1. The second kappa shape index (κ2) is 7.43. The summed E-state index contributed by atoms with van der Waals surface area (Å²) < 4.78 is 7.40. The molecule has 1 N–H and O–H groups in total. The van der Waals surface area contributed by atoms with Crippen molar-refractivity contribution in [3.63, 3.8) is 0 Å². The zero-order valence-corrected chi connectivity index (χ0v) is 15.0. The van der Waals surface area contributed by atoms with Crippen molar-refractivity contribution in [2.24, 2.45) is 0 Å². The fraction of sp³-hybridized carbons (Fsp3) is 0.412. The summed E-state index contributed by atoms with van der Waals surface area (Å²) in [6, 6.07) is 5.86. The molecular formula is C17H23N7O. The highest BCUT2D eigenvalue weighted by atomic mass is 16.5. The van der Waals surface area contributed by atoms with Crippen molar-refractivity contribution < 1.29 is 4.74 Å². The molecular weight excluding hydrogens is 318 g/mol. The number of anilines is 1. The lowest BCUT2D eigenvalue weighted by Crippen LogP contribution is -2.19. The molecule has 132 valence electrons. The van der Waals surface area contributed by atoms with Crippen LogP contribution in [0.5, 0.6) is 5.88 Å². The molecule has 25 heavy (non-hydrogen) atoms. The fourth-order valence-corrected chi connectivity index (χ4v) is 2.38. The maximum atomic E-state index is 5.68. The Hall–Kier alpha value is -2.74. The molecule has 3 aromatic heterocycles. The van der Waals surface area contributed by atoms with E-state index in [1.807, 2.05) is 46.1 Å². The summed E-state index contributed by atoms with van der Waals surface area (Å²) in [6.45, 7) is 5.89. The van der Waals surface area contributed by atoms with Crippen LogP contribution < -0.4 is 10.1 Å². The third-order valence-corrected chi connectivity index (χ3v) is 3.61. The molecule has 3 aromatic rings. The quantitative estimate of drug-likeness (QED) is 0.700. The molecule has 0 aliphatic heterocycles. The van der Waals surface area contributed by atoms with Crippen LogP contribution in [-0.4, -0.2) is 56.7 Å². The van der Waals surface area contributed by atoms with Gasteiger partial charge < -0.3 is 15.0 Å². The number of hydrogen-bond donors (Lipinski definition) is 1. The van der Waals surface area contributed by atoms with Gasteiger partial charge in [-0.05, 0) is 39.6 Å². The third-order valence-electron chi connectivity index (χ3n) is 3.61. The van der Waals surface area contributed by atoms with E-state index >= 15 is 0 Å². The Labute approximate surface area is 146 Å². The number of hydrogen-bond acceptors (Lipinski definition) is 7. The molecule has 8 heteroatoms. The highest BCUT2D eigenvalue weighted by molar-refractivity contribution is 5.45. The summed E-state index contributed by atoms with van der Waals surface area (Å²) >= 11 is 0. The van der Waals surface area contributed by atoms with Gasteiger partial charge in [0.05, 0.1) is 0 Å². The second-order valence-electron chi connectivity index (χ2n) is 6.16. The molecule has 0 unspecified atom stereocenters. The van der Waals surface area contributed by atoms with Crippen LogP contribution in [-0.2, 0) is 6.54 Å². The Morgan fingerprint density at radius 1 is 1.20 bits per heavy atom. The van der Waals surface area contributed by atoms with Crippen molar-refractivity contribution in [3.8, 4) is 5.88 Å². The molecule has 3 heterocycles. The predicted molar refractivity (Wildman–Crippen MR) is 95.9 cm³/mol. The number of fused-ring (bicyclic) bond motifs is 1. The molecule has 0 spiro atoms. The van der Waals surface area contributed by atoms with E-state index in [9.17, 15) is 0 Å². The number of aryl methyl sites for hydroxylation is 2. The minimum Gasteiger partial charge on any atom is -0.476 e. The van der Waals surface area contributed by atoms with Gasteiger partial charge in [0.15, 0.2) is 0 Å². The molecule has 0 amide bonds. The molecule has 0 radical (unpaired) electrons. The van der Waals surface area contributed by atoms with Crippen molar-refractivity contribution >= 4 is 11.6 Å². The van der Waals surface area contributed by atoms with E-state index in [4.69, 9.17) is 4.74 Å². The average molecular weight is 341 g/mol. The van der Waals surface area contributed by atoms with Crippen LogP contribution in [0.1, 0.15) is 17.1 Å². The normalized spacial score (nSPS) is 11.2. The Kier molecular flexibility index (Phi) is 5.08. The molecule has 3 rings (SSSR count). The van der Waals surface area contributed by atoms with Crippen LogP contribution in [0, 0.1) is 13.8 Å². The van der Waals surface area contributed by atoms with Crippen LogP contribution in [0.25, 0.3) is 5.78 Å². The van der Waals surface area contributed by atoms with Gasteiger partial charge in [0, 0.05) is 37.1 Å². The lowest BCUT2D eigenvalue weighted by molar-refractivity contribution is 0.253. The van der Waals surface area contributed by atoms with E-state index in [1.54, 1.807) is 10.7 Å². The predicted octanol–water partition coefficient (Wildman–Crippen LogP) is 1.69. The van der Waals surface area contributed by atoms with Crippen LogP contribution in [0.4, 0.5) is 5.82 Å². The first-order valence-corrected chi connectivity index (χ1v) is 8.18. The smallest absolute Gasteiger partial charge is 0.254 e. The van der Waals surface area contributed by atoms with Gasteiger partial charge in [0.25, 0.3) is 5.78 Å². The first-order valence-electron chi connectivity index (χ1n) is 8.18. The Balaban J connectivity index is 1.69. The minimum absolute atomic E-state index is 0.599. The van der Waals surface area contributed by atoms with Crippen molar-refractivity contribution in [2.75, 3.05) is 32.6 Å². The van der Waals surface area contributed by atoms with Crippen molar-refractivity contribution in [3.05, 3.63) is 41.5 Å². The van der Waals surface area contributed by atoms with Gasteiger partial charge in [-0.25, -0.2) is 9.97 Å². The SMILES string of the molecule is Cc1cc(NCc2ccnc(OCCN(C)C)c2)n2nc(C)nc2n1. The molecule has 0 aromatic carbocycles. The first-order chi connectivity index (χ1) is 12.0. The van der Waals surface area contributed by atoms with E-state index in [0.29, 0.717) is 30.6 Å². The number of nitrogens with one attached hydrogen (secondary N) is 1. The van der Waals surface area contributed by atoms with E-state index in [1.165, 1.54) is 0 Å². The monoisotopic (exact) mass is 341 g/mol. The molecule has 0 aliphatic carbocycles. The highest BCUT2D eigenvalue weighted by Crippen LogP contribution is 2.14. The standard InChI is InChI=1S/C17H23N7O/c1-12-9-15(24-17(20-12)21-13(2)22-24)19-11-14-5-6-18-16(10-14)25-8-7-23(3)4/h5-6,9-10,19H,7-8,11H2,1-4H3. The van der Waals surface area contributed by atoms with Gasteiger partial charge in [0.1, 0.15) is 18.2 Å². The van der Waals surface area contributed by atoms with Gasteiger partial charge in [-0.15, -0.1) is 5.10 Å².